The Morgan fingerprint density at radius 3 is 2.42 bits per heavy atom. The van der Waals surface area contributed by atoms with Crippen molar-refractivity contribution in [2.24, 2.45) is 5.10 Å². The van der Waals surface area contributed by atoms with Crippen molar-refractivity contribution < 1.29 is 14.3 Å². The maximum absolute atomic E-state index is 12.0. The summed E-state index contributed by atoms with van der Waals surface area (Å²) in [6.45, 7) is 2.07. The minimum absolute atomic E-state index is 0.190. The van der Waals surface area contributed by atoms with E-state index in [0.29, 0.717) is 5.56 Å². The number of nitrogens with one attached hydrogen (secondary N) is 1. The van der Waals surface area contributed by atoms with Crippen LogP contribution in [0.3, 0.4) is 0 Å². The molecule has 160 valence electrons. The number of hydrogen-bond acceptors (Lipinski definition) is 9. The first-order valence-electron chi connectivity index (χ1n) is 9.18. The zero-order valence-electron chi connectivity index (χ0n) is 16.9. The van der Waals surface area contributed by atoms with Crippen molar-refractivity contribution in [2.45, 2.75) is 21.4 Å². The molecule has 31 heavy (non-hydrogen) atoms. The molecular weight excluding hydrogens is 452 g/mol. The Bertz CT molecular complexity index is 1050. The van der Waals surface area contributed by atoms with Gasteiger partial charge in [-0.25, -0.2) is 10.2 Å². The predicted molar refractivity (Wildman–Crippen MR) is 125 cm³/mol. The number of carbonyl (C=O) groups excluding carboxylic acids is 2. The number of aryl methyl sites for hydroxylation is 1. The molecule has 0 aliphatic rings. The zero-order chi connectivity index (χ0) is 22.1. The summed E-state index contributed by atoms with van der Waals surface area (Å²) in [5.41, 5.74) is 6.15. The Hall–Kier alpha value is -2.69. The second-order valence-electron chi connectivity index (χ2n) is 6.30. The average Bonchev–Trinajstić information content (AvgIpc) is 3.25. The lowest BCUT2D eigenvalue weighted by Crippen LogP contribution is -2.19. The summed E-state index contributed by atoms with van der Waals surface area (Å²) < 4.78 is 6.26. The van der Waals surface area contributed by atoms with Crippen LogP contribution in [-0.2, 0) is 15.3 Å². The molecule has 0 bridgehead atoms. The number of methoxy groups -OCH3 is 1. The van der Waals surface area contributed by atoms with Crippen LogP contribution in [0.1, 0.15) is 27.0 Å². The fourth-order valence-electron chi connectivity index (χ4n) is 2.30. The molecular formula is C21H20N4O3S3. The van der Waals surface area contributed by atoms with Crippen molar-refractivity contribution in [3.63, 3.8) is 0 Å². The number of hydrogen-bond donors (Lipinski definition) is 1. The van der Waals surface area contributed by atoms with Gasteiger partial charge >= 0.3 is 5.97 Å². The zero-order valence-corrected chi connectivity index (χ0v) is 19.4. The van der Waals surface area contributed by atoms with Crippen LogP contribution in [0.4, 0.5) is 0 Å². The van der Waals surface area contributed by atoms with Crippen molar-refractivity contribution in [3.8, 4) is 0 Å². The van der Waals surface area contributed by atoms with Gasteiger partial charge in [0.15, 0.2) is 8.68 Å². The van der Waals surface area contributed by atoms with Crippen molar-refractivity contribution in [1.29, 1.82) is 0 Å². The fraction of sp³-hybridized carbons (Fsp3) is 0.190. The van der Waals surface area contributed by atoms with Gasteiger partial charge in [0.25, 0.3) is 5.91 Å². The van der Waals surface area contributed by atoms with E-state index in [4.69, 9.17) is 0 Å². The lowest BCUT2D eigenvalue weighted by Gasteiger charge is -2.00. The Labute approximate surface area is 192 Å². The number of aromatic nitrogens is 2. The van der Waals surface area contributed by atoms with E-state index in [1.807, 2.05) is 0 Å². The van der Waals surface area contributed by atoms with Crippen molar-refractivity contribution >= 4 is 53.0 Å². The summed E-state index contributed by atoms with van der Waals surface area (Å²) in [6, 6.07) is 15.1. The minimum atomic E-state index is -0.401. The van der Waals surface area contributed by atoms with Gasteiger partial charge in [0, 0.05) is 5.75 Å². The Morgan fingerprint density at radius 2 is 1.74 bits per heavy atom. The van der Waals surface area contributed by atoms with Crippen LogP contribution in [0.5, 0.6) is 0 Å². The summed E-state index contributed by atoms with van der Waals surface area (Å²) in [5.74, 6) is 0.379. The van der Waals surface area contributed by atoms with Crippen LogP contribution < -0.4 is 5.43 Å². The van der Waals surface area contributed by atoms with E-state index in [9.17, 15) is 9.59 Å². The summed E-state index contributed by atoms with van der Waals surface area (Å²) in [6.07, 6.45) is 1.51. The van der Waals surface area contributed by atoms with Gasteiger partial charge in [0.2, 0.25) is 0 Å². The number of benzene rings is 2. The van der Waals surface area contributed by atoms with E-state index in [2.05, 4.69) is 56.7 Å². The molecule has 0 aliphatic heterocycles. The van der Waals surface area contributed by atoms with Gasteiger partial charge in [-0.05, 0) is 30.2 Å². The molecule has 3 rings (SSSR count). The Balaban J connectivity index is 1.40. The van der Waals surface area contributed by atoms with Gasteiger partial charge in [-0.1, -0.05) is 76.8 Å². The number of thioether (sulfide) groups is 2. The Kier molecular flexibility index (Phi) is 8.63. The highest BCUT2D eigenvalue weighted by Gasteiger charge is 2.09. The highest BCUT2D eigenvalue weighted by molar-refractivity contribution is 8.03. The third-order valence-corrected chi connectivity index (χ3v) is 7.19. The Morgan fingerprint density at radius 1 is 1.06 bits per heavy atom. The molecule has 1 amide bonds. The van der Waals surface area contributed by atoms with E-state index >= 15 is 0 Å². The normalized spacial score (nSPS) is 10.9. The summed E-state index contributed by atoms with van der Waals surface area (Å²) in [5, 5.41) is 12.2. The van der Waals surface area contributed by atoms with Gasteiger partial charge in [-0.2, -0.15) is 5.10 Å². The lowest BCUT2D eigenvalue weighted by atomic mass is 10.1. The molecule has 2 aromatic carbocycles. The molecule has 3 aromatic rings. The smallest absolute Gasteiger partial charge is 0.337 e. The maximum atomic E-state index is 12.0. The van der Waals surface area contributed by atoms with Crippen molar-refractivity contribution in [3.05, 3.63) is 70.8 Å². The molecule has 0 spiro atoms. The van der Waals surface area contributed by atoms with Gasteiger partial charge in [-0.3, -0.25) is 4.79 Å². The van der Waals surface area contributed by atoms with Crippen LogP contribution >= 0.6 is 34.9 Å². The number of rotatable bonds is 9. The quantitative estimate of drug-likeness (QED) is 0.216. The fourth-order valence-corrected chi connectivity index (χ4v) is 5.07. The van der Waals surface area contributed by atoms with Crippen molar-refractivity contribution in [2.75, 3.05) is 12.9 Å². The minimum Gasteiger partial charge on any atom is -0.465 e. The number of amides is 1. The number of carbonyl (C=O) groups is 2. The molecule has 0 saturated heterocycles. The summed E-state index contributed by atoms with van der Waals surface area (Å²) >= 11 is 4.42. The standard InChI is InChI=1S/C21H20N4O3S3/c1-14-3-5-16(6-4-14)12-29-20-24-25-21(31-20)30-13-18(26)23-22-11-15-7-9-17(10-8-15)19(27)28-2/h3-11H,12-13H2,1-2H3,(H,23,26). The van der Waals surface area contributed by atoms with Crippen LogP contribution in [-0.4, -0.2) is 41.2 Å². The topological polar surface area (TPSA) is 93.5 Å². The molecule has 0 radical (unpaired) electrons. The second-order valence-corrected chi connectivity index (χ2v) is 9.73. The molecule has 1 aromatic heterocycles. The molecule has 0 atom stereocenters. The van der Waals surface area contributed by atoms with E-state index < -0.39 is 5.97 Å². The van der Waals surface area contributed by atoms with E-state index in [-0.39, 0.29) is 11.7 Å². The highest BCUT2D eigenvalue weighted by atomic mass is 32.2. The van der Waals surface area contributed by atoms with Gasteiger partial charge in [-0.15, -0.1) is 10.2 Å². The molecule has 0 saturated carbocycles. The van der Waals surface area contributed by atoms with E-state index in [1.54, 1.807) is 36.0 Å². The second kappa shape index (κ2) is 11.6. The molecule has 10 heteroatoms. The van der Waals surface area contributed by atoms with Crippen LogP contribution in [0.25, 0.3) is 0 Å². The van der Waals surface area contributed by atoms with Crippen LogP contribution in [0.2, 0.25) is 0 Å². The molecule has 1 N–H and O–H groups in total. The highest BCUT2D eigenvalue weighted by Crippen LogP contribution is 2.30. The number of nitrogens with zero attached hydrogens (tertiary/aromatic N) is 3. The largest absolute Gasteiger partial charge is 0.465 e. The summed E-state index contributed by atoms with van der Waals surface area (Å²) in [7, 11) is 1.33. The monoisotopic (exact) mass is 472 g/mol. The molecule has 0 unspecified atom stereocenters. The van der Waals surface area contributed by atoms with E-state index in [1.165, 1.54) is 47.5 Å². The number of ether oxygens (including phenoxy) is 1. The van der Waals surface area contributed by atoms with Gasteiger partial charge in [0.1, 0.15) is 0 Å². The first-order valence-corrected chi connectivity index (χ1v) is 12.0. The third kappa shape index (κ3) is 7.50. The first-order chi connectivity index (χ1) is 15.0. The first kappa shape index (κ1) is 23.0. The predicted octanol–water partition coefficient (Wildman–Crippen LogP) is 4.17. The maximum Gasteiger partial charge on any atom is 0.337 e. The number of hydrazone groups is 1. The molecule has 7 nitrogen and oxygen atoms in total. The molecule has 0 aliphatic carbocycles. The summed E-state index contributed by atoms with van der Waals surface area (Å²) in [4.78, 5) is 23.4. The average molecular weight is 473 g/mol. The van der Waals surface area contributed by atoms with Gasteiger partial charge in [0.05, 0.1) is 24.6 Å². The van der Waals surface area contributed by atoms with Gasteiger partial charge < -0.3 is 4.74 Å². The van der Waals surface area contributed by atoms with E-state index in [0.717, 1.165) is 20.0 Å². The van der Waals surface area contributed by atoms with Crippen LogP contribution in [0.15, 0.2) is 62.3 Å². The van der Waals surface area contributed by atoms with Crippen LogP contribution in [0, 0.1) is 6.92 Å². The number of esters is 1. The van der Waals surface area contributed by atoms with Crippen molar-refractivity contribution in [1.82, 2.24) is 15.6 Å². The third-order valence-electron chi connectivity index (χ3n) is 3.93. The molecule has 1 heterocycles. The SMILES string of the molecule is COC(=O)c1ccc(C=NNC(=O)CSc2nnc(SCc3ccc(C)cc3)s2)cc1. The molecule has 0 fully saturated rings. The lowest BCUT2D eigenvalue weighted by molar-refractivity contribution is -0.118.